The smallest absolute Gasteiger partial charge is 0.232 e. The number of fused-ring (bicyclic) bond motifs is 3. The third kappa shape index (κ3) is 2.69. The Morgan fingerprint density at radius 1 is 1.20 bits per heavy atom. The molecule has 1 N–H and O–H groups in total. The number of aromatic amines is 1. The molecule has 0 bridgehead atoms. The summed E-state index contributed by atoms with van der Waals surface area (Å²) in [6, 6.07) is 11.1. The van der Waals surface area contributed by atoms with Crippen molar-refractivity contribution in [3.05, 3.63) is 57.9 Å². The molecule has 2 aliphatic rings. The van der Waals surface area contributed by atoms with E-state index in [0.717, 1.165) is 38.6 Å². The van der Waals surface area contributed by atoms with Crippen molar-refractivity contribution in [3.63, 3.8) is 0 Å². The van der Waals surface area contributed by atoms with Crippen LogP contribution in [-0.4, -0.2) is 21.8 Å². The topological polar surface area (TPSA) is 36.1 Å². The molecular weight excluding hydrogens is 328 g/mol. The number of hydrogen-bond donors (Lipinski definition) is 1. The van der Waals surface area contributed by atoms with Crippen molar-refractivity contribution in [1.82, 2.24) is 9.88 Å². The number of carbonyl (C=O) groups excluding carboxylic acids is 1. The van der Waals surface area contributed by atoms with Crippen LogP contribution in [0.1, 0.15) is 48.4 Å². The molecular formula is C21H22N2OS. The molecule has 2 heterocycles. The second kappa shape index (κ2) is 6.03. The van der Waals surface area contributed by atoms with Crippen LogP contribution >= 0.6 is 11.3 Å². The zero-order valence-corrected chi connectivity index (χ0v) is 15.0. The lowest BCUT2D eigenvalue weighted by atomic mass is 9.85. The van der Waals surface area contributed by atoms with Crippen LogP contribution < -0.4 is 0 Å². The number of aromatic nitrogens is 1. The van der Waals surface area contributed by atoms with Gasteiger partial charge in [-0.1, -0.05) is 18.2 Å². The fourth-order valence-corrected chi connectivity index (χ4v) is 4.87. The molecule has 4 heteroatoms. The molecule has 2 aromatic heterocycles. The first kappa shape index (κ1) is 15.2. The summed E-state index contributed by atoms with van der Waals surface area (Å²) in [7, 11) is 0. The molecule has 0 spiro atoms. The lowest BCUT2D eigenvalue weighted by Crippen LogP contribution is -2.37. The van der Waals surface area contributed by atoms with Gasteiger partial charge in [0.2, 0.25) is 5.91 Å². The Hall–Kier alpha value is -2.07. The minimum atomic E-state index is -0.00427. The van der Waals surface area contributed by atoms with E-state index in [2.05, 4.69) is 51.0 Å². The summed E-state index contributed by atoms with van der Waals surface area (Å²) in [4.78, 5) is 19.2. The first-order valence-corrected chi connectivity index (χ1v) is 10.2. The van der Waals surface area contributed by atoms with Crippen LogP contribution in [-0.2, 0) is 17.8 Å². The van der Waals surface area contributed by atoms with Gasteiger partial charge in [0.05, 0.1) is 5.92 Å². The number of aryl methyl sites for hydroxylation is 1. The van der Waals surface area contributed by atoms with Gasteiger partial charge in [0.25, 0.3) is 0 Å². The lowest BCUT2D eigenvalue weighted by Gasteiger charge is -2.29. The molecule has 2 aliphatic carbocycles. The van der Waals surface area contributed by atoms with E-state index in [4.69, 9.17) is 0 Å². The van der Waals surface area contributed by atoms with Gasteiger partial charge in [0, 0.05) is 29.2 Å². The molecule has 1 atom stereocenters. The largest absolute Gasteiger partial charge is 0.357 e. The summed E-state index contributed by atoms with van der Waals surface area (Å²) in [5.41, 5.74) is 4.97. The van der Waals surface area contributed by atoms with Gasteiger partial charge < -0.3 is 9.88 Å². The number of amides is 1. The molecule has 1 fully saturated rings. The third-order valence-electron chi connectivity index (χ3n) is 5.62. The Labute approximate surface area is 151 Å². The van der Waals surface area contributed by atoms with Crippen LogP contribution in [0.25, 0.3) is 10.9 Å². The summed E-state index contributed by atoms with van der Waals surface area (Å²) in [5.74, 6) is 0.316. The SMILES string of the molecule is O=C(C1CCCc2c1[nH]c1ccccc21)N(Cc1ccsc1)C1CC1. The van der Waals surface area contributed by atoms with Crippen molar-refractivity contribution in [2.75, 3.05) is 0 Å². The number of benzene rings is 1. The monoisotopic (exact) mass is 350 g/mol. The summed E-state index contributed by atoms with van der Waals surface area (Å²) in [5, 5.41) is 5.56. The predicted octanol–water partition coefficient (Wildman–Crippen LogP) is 4.84. The van der Waals surface area contributed by atoms with Crippen molar-refractivity contribution in [2.24, 2.45) is 0 Å². The van der Waals surface area contributed by atoms with Gasteiger partial charge in [-0.3, -0.25) is 4.79 Å². The van der Waals surface area contributed by atoms with Crippen molar-refractivity contribution < 1.29 is 4.79 Å². The molecule has 25 heavy (non-hydrogen) atoms. The fourth-order valence-electron chi connectivity index (χ4n) is 4.21. The summed E-state index contributed by atoms with van der Waals surface area (Å²) in [6.07, 6.45) is 5.45. The summed E-state index contributed by atoms with van der Waals surface area (Å²) < 4.78 is 0. The van der Waals surface area contributed by atoms with Gasteiger partial charge in [0.1, 0.15) is 0 Å². The normalized spacial score (nSPS) is 19.8. The number of para-hydroxylation sites is 1. The van der Waals surface area contributed by atoms with Crippen LogP contribution in [0.15, 0.2) is 41.1 Å². The van der Waals surface area contributed by atoms with Crippen molar-refractivity contribution in [3.8, 4) is 0 Å². The minimum absolute atomic E-state index is 0.00427. The molecule has 1 unspecified atom stereocenters. The number of rotatable bonds is 4. The van der Waals surface area contributed by atoms with Gasteiger partial charge in [0.15, 0.2) is 0 Å². The summed E-state index contributed by atoms with van der Waals surface area (Å²) in [6.45, 7) is 0.763. The fraction of sp³-hybridized carbons (Fsp3) is 0.381. The van der Waals surface area contributed by atoms with E-state index < -0.39 is 0 Å². The van der Waals surface area contributed by atoms with Crippen LogP contribution in [0.3, 0.4) is 0 Å². The number of nitrogens with zero attached hydrogens (tertiary/aromatic N) is 1. The number of nitrogens with one attached hydrogen (secondary N) is 1. The quantitative estimate of drug-likeness (QED) is 0.718. The van der Waals surface area contributed by atoms with E-state index in [1.54, 1.807) is 11.3 Å². The number of hydrogen-bond acceptors (Lipinski definition) is 2. The van der Waals surface area contributed by atoms with Gasteiger partial charge in [-0.15, -0.1) is 0 Å². The van der Waals surface area contributed by atoms with Gasteiger partial charge >= 0.3 is 0 Å². The first-order chi connectivity index (χ1) is 12.3. The van der Waals surface area contributed by atoms with E-state index in [1.165, 1.54) is 27.7 Å². The maximum absolute atomic E-state index is 13.5. The minimum Gasteiger partial charge on any atom is -0.357 e. The third-order valence-corrected chi connectivity index (χ3v) is 6.35. The maximum Gasteiger partial charge on any atom is 0.232 e. The van der Waals surface area contributed by atoms with Gasteiger partial charge in [-0.25, -0.2) is 0 Å². The molecule has 5 rings (SSSR count). The van der Waals surface area contributed by atoms with Crippen molar-refractivity contribution >= 4 is 28.1 Å². The van der Waals surface area contributed by atoms with E-state index in [9.17, 15) is 4.79 Å². The molecule has 1 aromatic carbocycles. The van der Waals surface area contributed by atoms with Gasteiger partial charge in [-0.05, 0) is 66.1 Å². The predicted molar refractivity (Wildman–Crippen MR) is 102 cm³/mol. The van der Waals surface area contributed by atoms with Crippen LogP contribution in [0.2, 0.25) is 0 Å². The summed E-state index contributed by atoms with van der Waals surface area (Å²) >= 11 is 1.71. The number of H-pyrrole nitrogens is 1. The van der Waals surface area contributed by atoms with Crippen molar-refractivity contribution in [1.29, 1.82) is 0 Å². The van der Waals surface area contributed by atoms with Crippen LogP contribution in [0, 0.1) is 0 Å². The van der Waals surface area contributed by atoms with E-state index in [0.29, 0.717) is 11.9 Å². The van der Waals surface area contributed by atoms with Crippen LogP contribution in [0.4, 0.5) is 0 Å². The average molecular weight is 350 g/mol. The first-order valence-electron chi connectivity index (χ1n) is 9.22. The Morgan fingerprint density at radius 2 is 2.08 bits per heavy atom. The van der Waals surface area contributed by atoms with E-state index >= 15 is 0 Å². The Bertz CT molecular complexity index is 907. The highest BCUT2D eigenvalue weighted by atomic mass is 32.1. The zero-order valence-electron chi connectivity index (χ0n) is 14.2. The second-order valence-electron chi connectivity index (χ2n) is 7.34. The zero-order chi connectivity index (χ0) is 16.8. The standard InChI is InChI=1S/C21H22N2OS/c24-21(23(15-8-9-15)12-14-10-11-25-13-14)18-6-3-5-17-16-4-1-2-7-19(16)22-20(17)18/h1-2,4,7,10-11,13,15,18,22H,3,5-6,8-9,12H2. The Kier molecular flexibility index (Phi) is 3.66. The van der Waals surface area contributed by atoms with Gasteiger partial charge in [-0.2, -0.15) is 11.3 Å². The molecule has 3 nitrogen and oxygen atoms in total. The molecule has 128 valence electrons. The second-order valence-corrected chi connectivity index (χ2v) is 8.12. The molecule has 1 amide bonds. The highest BCUT2D eigenvalue weighted by Gasteiger charge is 2.38. The molecule has 0 saturated heterocycles. The molecule has 0 radical (unpaired) electrons. The molecule has 3 aromatic rings. The Morgan fingerprint density at radius 3 is 2.88 bits per heavy atom. The van der Waals surface area contributed by atoms with Crippen LogP contribution in [0.5, 0.6) is 0 Å². The molecule has 1 saturated carbocycles. The molecule has 0 aliphatic heterocycles. The number of carbonyl (C=O) groups is 1. The lowest BCUT2D eigenvalue weighted by molar-refractivity contribution is -0.134. The van der Waals surface area contributed by atoms with Crippen molar-refractivity contribution in [2.45, 2.75) is 50.6 Å². The van der Waals surface area contributed by atoms with E-state index in [-0.39, 0.29) is 5.92 Å². The van der Waals surface area contributed by atoms with E-state index in [1.807, 2.05) is 0 Å². The highest BCUT2D eigenvalue weighted by Crippen LogP contribution is 2.39. The highest BCUT2D eigenvalue weighted by molar-refractivity contribution is 7.07. The Balaban J connectivity index is 1.49. The maximum atomic E-state index is 13.5. The average Bonchev–Trinajstić information content (AvgIpc) is 3.21. The number of thiophene rings is 1.